The number of benzene rings is 1. The van der Waals surface area contributed by atoms with E-state index in [1.165, 1.54) is 6.26 Å². The SMILES string of the molecule is COCCNC(=O)c1cc(NC(=O)c2ccco2)ccc1N1CCC(C)CC1. The van der Waals surface area contributed by atoms with E-state index >= 15 is 0 Å². The summed E-state index contributed by atoms with van der Waals surface area (Å²) in [5.41, 5.74) is 1.98. The average Bonchev–Trinajstić information content (AvgIpc) is 3.24. The van der Waals surface area contributed by atoms with E-state index in [0.717, 1.165) is 31.6 Å². The molecule has 28 heavy (non-hydrogen) atoms. The van der Waals surface area contributed by atoms with Crippen LogP contribution in [0.1, 0.15) is 40.7 Å². The van der Waals surface area contributed by atoms with Crippen molar-refractivity contribution in [2.75, 3.05) is 43.6 Å². The van der Waals surface area contributed by atoms with E-state index in [9.17, 15) is 9.59 Å². The van der Waals surface area contributed by atoms with E-state index in [-0.39, 0.29) is 17.6 Å². The van der Waals surface area contributed by atoms with E-state index < -0.39 is 0 Å². The van der Waals surface area contributed by atoms with Crippen molar-refractivity contribution in [3.05, 3.63) is 47.9 Å². The molecule has 2 aromatic rings. The predicted octanol–water partition coefficient (Wildman–Crippen LogP) is 3.14. The number of ether oxygens (including phenoxy) is 1. The number of rotatable bonds is 7. The molecule has 2 N–H and O–H groups in total. The number of methoxy groups -OCH3 is 1. The van der Waals surface area contributed by atoms with Gasteiger partial charge in [0.05, 0.1) is 18.4 Å². The summed E-state index contributed by atoms with van der Waals surface area (Å²) in [6.07, 6.45) is 3.65. The summed E-state index contributed by atoms with van der Waals surface area (Å²) in [7, 11) is 1.59. The lowest BCUT2D eigenvalue weighted by Gasteiger charge is -2.33. The van der Waals surface area contributed by atoms with Gasteiger partial charge in [-0.15, -0.1) is 0 Å². The van der Waals surface area contributed by atoms with Gasteiger partial charge in [0, 0.05) is 38.1 Å². The Morgan fingerprint density at radius 2 is 2.00 bits per heavy atom. The molecule has 1 aromatic carbocycles. The highest BCUT2D eigenvalue weighted by Gasteiger charge is 2.22. The first-order chi connectivity index (χ1) is 13.6. The van der Waals surface area contributed by atoms with Gasteiger partial charge >= 0.3 is 0 Å². The molecule has 0 atom stereocenters. The molecule has 1 aliphatic heterocycles. The number of carbonyl (C=O) groups excluding carboxylic acids is 2. The number of furan rings is 1. The number of piperidine rings is 1. The van der Waals surface area contributed by atoms with Crippen molar-refractivity contribution in [3.8, 4) is 0 Å². The van der Waals surface area contributed by atoms with E-state index in [1.807, 2.05) is 12.1 Å². The average molecular weight is 385 g/mol. The quantitative estimate of drug-likeness (QED) is 0.716. The molecule has 3 rings (SSSR count). The smallest absolute Gasteiger partial charge is 0.291 e. The number of amides is 2. The molecule has 1 aromatic heterocycles. The third-order valence-corrected chi connectivity index (χ3v) is 4.96. The summed E-state index contributed by atoms with van der Waals surface area (Å²) >= 11 is 0. The molecule has 1 fully saturated rings. The molecule has 0 aliphatic carbocycles. The fourth-order valence-electron chi connectivity index (χ4n) is 3.28. The Kier molecular flexibility index (Phi) is 6.71. The molecular weight excluding hydrogens is 358 g/mol. The molecule has 2 amide bonds. The second kappa shape index (κ2) is 9.41. The van der Waals surface area contributed by atoms with Crippen LogP contribution in [0.25, 0.3) is 0 Å². The van der Waals surface area contributed by atoms with Crippen molar-refractivity contribution in [1.29, 1.82) is 0 Å². The van der Waals surface area contributed by atoms with Crippen molar-refractivity contribution in [2.24, 2.45) is 5.92 Å². The fraction of sp³-hybridized carbons (Fsp3) is 0.429. The van der Waals surface area contributed by atoms with E-state index in [2.05, 4.69) is 22.5 Å². The van der Waals surface area contributed by atoms with Crippen LogP contribution in [0.5, 0.6) is 0 Å². The Morgan fingerprint density at radius 3 is 2.68 bits per heavy atom. The Hall–Kier alpha value is -2.80. The highest BCUT2D eigenvalue weighted by atomic mass is 16.5. The standard InChI is InChI=1S/C21H27N3O4/c1-15-7-10-24(11-8-15)18-6-5-16(23-21(26)19-4-3-12-28-19)14-17(18)20(25)22-9-13-27-2/h3-6,12,14-15H,7-11,13H2,1-2H3,(H,22,25)(H,23,26). The van der Waals surface area contributed by atoms with E-state index in [1.54, 1.807) is 25.3 Å². The van der Waals surface area contributed by atoms with Gasteiger partial charge < -0.3 is 24.7 Å². The predicted molar refractivity (Wildman–Crippen MR) is 108 cm³/mol. The van der Waals surface area contributed by atoms with Gasteiger partial charge in [0.1, 0.15) is 0 Å². The molecule has 1 saturated heterocycles. The van der Waals surface area contributed by atoms with Gasteiger partial charge in [-0.25, -0.2) is 0 Å². The first-order valence-electron chi connectivity index (χ1n) is 9.59. The molecular formula is C21H27N3O4. The second-order valence-corrected chi connectivity index (χ2v) is 7.08. The lowest BCUT2D eigenvalue weighted by Crippen LogP contribution is -2.35. The molecule has 150 valence electrons. The molecule has 1 aliphatic rings. The van der Waals surface area contributed by atoms with Crippen LogP contribution in [0.2, 0.25) is 0 Å². The lowest BCUT2D eigenvalue weighted by atomic mass is 9.97. The van der Waals surface area contributed by atoms with Crippen LogP contribution < -0.4 is 15.5 Å². The third-order valence-electron chi connectivity index (χ3n) is 4.96. The summed E-state index contributed by atoms with van der Waals surface area (Å²) in [6, 6.07) is 8.69. The number of nitrogens with zero attached hydrogens (tertiary/aromatic N) is 1. The van der Waals surface area contributed by atoms with Crippen molar-refractivity contribution < 1.29 is 18.7 Å². The van der Waals surface area contributed by atoms with Gasteiger partial charge in [-0.2, -0.15) is 0 Å². The third kappa shape index (κ3) is 4.92. The summed E-state index contributed by atoms with van der Waals surface area (Å²) in [4.78, 5) is 27.3. The fourth-order valence-corrected chi connectivity index (χ4v) is 3.28. The normalized spacial score (nSPS) is 14.7. The molecule has 0 radical (unpaired) electrons. The van der Waals surface area contributed by atoms with Crippen LogP contribution in [0.4, 0.5) is 11.4 Å². The monoisotopic (exact) mass is 385 g/mol. The number of nitrogens with one attached hydrogen (secondary N) is 2. The number of hydrogen-bond acceptors (Lipinski definition) is 5. The first-order valence-corrected chi connectivity index (χ1v) is 9.59. The van der Waals surface area contributed by atoms with Crippen LogP contribution >= 0.6 is 0 Å². The van der Waals surface area contributed by atoms with E-state index in [4.69, 9.17) is 9.15 Å². The van der Waals surface area contributed by atoms with Gasteiger partial charge in [-0.05, 0) is 49.1 Å². The maximum absolute atomic E-state index is 12.8. The molecule has 0 spiro atoms. The first kappa shape index (κ1) is 19.9. The minimum atomic E-state index is -0.352. The second-order valence-electron chi connectivity index (χ2n) is 7.08. The van der Waals surface area contributed by atoms with E-state index in [0.29, 0.717) is 30.3 Å². The van der Waals surface area contributed by atoms with Crippen molar-refractivity contribution in [3.63, 3.8) is 0 Å². The highest BCUT2D eigenvalue weighted by molar-refractivity contribution is 6.05. The Balaban J connectivity index is 1.82. The molecule has 2 heterocycles. The minimum absolute atomic E-state index is 0.181. The van der Waals surface area contributed by atoms with Gasteiger partial charge in [0.25, 0.3) is 11.8 Å². The van der Waals surface area contributed by atoms with Crippen LogP contribution in [0.15, 0.2) is 41.0 Å². The topological polar surface area (TPSA) is 83.8 Å². The Bertz CT molecular complexity index is 796. The highest BCUT2D eigenvalue weighted by Crippen LogP contribution is 2.29. The van der Waals surface area contributed by atoms with Crippen LogP contribution in [-0.2, 0) is 4.74 Å². The van der Waals surface area contributed by atoms with Crippen LogP contribution in [0, 0.1) is 5.92 Å². The summed E-state index contributed by atoms with van der Waals surface area (Å²) in [5, 5.41) is 5.66. The number of hydrogen-bond donors (Lipinski definition) is 2. The zero-order valence-electron chi connectivity index (χ0n) is 16.4. The number of anilines is 2. The molecule has 0 bridgehead atoms. The molecule has 0 saturated carbocycles. The van der Waals surface area contributed by atoms with Gasteiger partial charge in [-0.3, -0.25) is 9.59 Å². The zero-order valence-corrected chi connectivity index (χ0v) is 16.4. The summed E-state index contributed by atoms with van der Waals surface area (Å²) in [5.74, 6) is 0.386. The Morgan fingerprint density at radius 1 is 1.21 bits per heavy atom. The van der Waals surface area contributed by atoms with Gasteiger partial charge in [0.2, 0.25) is 0 Å². The summed E-state index contributed by atoms with van der Waals surface area (Å²) < 4.78 is 10.1. The maximum atomic E-state index is 12.8. The van der Waals surface area contributed by atoms with Gasteiger partial charge in [-0.1, -0.05) is 6.92 Å². The summed E-state index contributed by atoms with van der Waals surface area (Å²) in [6.45, 7) is 4.95. The van der Waals surface area contributed by atoms with Crippen LogP contribution in [0.3, 0.4) is 0 Å². The molecule has 7 heteroatoms. The van der Waals surface area contributed by atoms with Crippen molar-refractivity contribution in [2.45, 2.75) is 19.8 Å². The van der Waals surface area contributed by atoms with Crippen molar-refractivity contribution >= 4 is 23.2 Å². The largest absolute Gasteiger partial charge is 0.459 e. The maximum Gasteiger partial charge on any atom is 0.291 e. The number of carbonyl (C=O) groups is 2. The van der Waals surface area contributed by atoms with Gasteiger partial charge in [0.15, 0.2) is 5.76 Å². The Labute approximate surface area is 165 Å². The zero-order chi connectivity index (χ0) is 19.9. The van der Waals surface area contributed by atoms with Crippen LogP contribution in [-0.4, -0.2) is 45.2 Å². The lowest BCUT2D eigenvalue weighted by molar-refractivity contribution is 0.0936. The van der Waals surface area contributed by atoms with Crippen molar-refractivity contribution in [1.82, 2.24) is 5.32 Å². The minimum Gasteiger partial charge on any atom is -0.459 e. The molecule has 7 nitrogen and oxygen atoms in total. The molecule has 0 unspecified atom stereocenters.